The van der Waals surface area contributed by atoms with Crippen molar-refractivity contribution >= 4 is 5.78 Å². The van der Waals surface area contributed by atoms with E-state index in [1.165, 1.54) is 12.3 Å². The molecular formula is C20H18FN3O3. The molecule has 0 unspecified atom stereocenters. The average Bonchev–Trinajstić information content (AvgIpc) is 3.18. The van der Waals surface area contributed by atoms with Crippen LogP contribution in [0.25, 0.3) is 22.8 Å². The zero-order chi connectivity index (χ0) is 19.0. The predicted octanol–water partition coefficient (Wildman–Crippen LogP) is 4.46. The number of Topliss-reactive ketones (excluding diaryl/α,β-unsaturated/α-hetero) is 1. The molecule has 27 heavy (non-hydrogen) atoms. The summed E-state index contributed by atoms with van der Waals surface area (Å²) in [4.78, 5) is 20.5. The fourth-order valence-electron chi connectivity index (χ4n) is 3.27. The molecule has 3 heterocycles. The van der Waals surface area contributed by atoms with E-state index >= 15 is 0 Å². The SMILES string of the molecule is CCC1(CC)CC(=O)c2cc(-c3noc(-c4cccnc4F)n3)ccc2O1. The summed E-state index contributed by atoms with van der Waals surface area (Å²) in [7, 11) is 0. The van der Waals surface area contributed by atoms with Crippen molar-refractivity contribution in [2.75, 3.05) is 0 Å². The minimum absolute atomic E-state index is 0.0313. The van der Waals surface area contributed by atoms with E-state index < -0.39 is 11.5 Å². The molecule has 4 rings (SSSR count). The molecule has 7 heteroatoms. The highest BCUT2D eigenvalue weighted by molar-refractivity contribution is 6.01. The van der Waals surface area contributed by atoms with Crippen LogP contribution < -0.4 is 4.74 Å². The molecule has 2 aromatic heterocycles. The van der Waals surface area contributed by atoms with Crippen LogP contribution in [0, 0.1) is 5.95 Å². The summed E-state index contributed by atoms with van der Waals surface area (Å²) in [6.07, 6.45) is 3.22. The van der Waals surface area contributed by atoms with Gasteiger partial charge < -0.3 is 9.26 Å². The molecule has 3 aromatic rings. The van der Waals surface area contributed by atoms with Crippen molar-refractivity contribution in [2.45, 2.75) is 38.7 Å². The number of aromatic nitrogens is 3. The fraction of sp³-hybridized carbons (Fsp3) is 0.300. The van der Waals surface area contributed by atoms with E-state index in [1.54, 1.807) is 24.3 Å². The summed E-state index contributed by atoms with van der Waals surface area (Å²) in [5.41, 5.74) is 0.793. The molecular weight excluding hydrogens is 349 g/mol. The van der Waals surface area contributed by atoms with Crippen LogP contribution in [0.2, 0.25) is 0 Å². The van der Waals surface area contributed by atoms with Crippen molar-refractivity contribution < 1.29 is 18.4 Å². The van der Waals surface area contributed by atoms with Crippen molar-refractivity contribution in [3.63, 3.8) is 0 Å². The smallest absolute Gasteiger partial charge is 0.262 e. The summed E-state index contributed by atoms with van der Waals surface area (Å²) in [6.45, 7) is 4.04. The quantitative estimate of drug-likeness (QED) is 0.634. The molecule has 0 saturated heterocycles. The second-order valence-electron chi connectivity index (χ2n) is 6.57. The second-order valence-corrected chi connectivity index (χ2v) is 6.57. The van der Waals surface area contributed by atoms with Crippen molar-refractivity contribution in [1.82, 2.24) is 15.1 Å². The molecule has 0 bridgehead atoms. The van der Waals surface area contributed by atoms with Crippen molar-refractivity contribution in [1.29, 1.82) is 0 Å². The highest BCUT2D eigenvalue weighted by atomic mass is 19.1. The van der Waals surface area contributed by atoms with E-state index in [1.807, 2.05) is 13.8 Å². The van der Waals surface area contributed by atoms with Crippen LogP contribution in [0.4, 0.5) is 4.39 Å². The Kier molecular flexibility index (Phi) is 4.22. The van der Waals surface area contributed by atoms with E-state index in [-0.39, 0.29) is 23.1 Å². The van der Waals surface area contributed by atoms with Crippen LogP contribution in [0.15, 0.2) is 41.1 Å². The molecule has 1 aliphatic rings. The molecule has 0 fully saturated rings. The minimum Gasteiger partial charge on any atom is -0.486 e. The summed E-state index contributed by atoms with van der Waals surface area (Å²) in [5, 5.41) is 3.91. The number of hydrogen-bond donors (Lipinski definition) is 0. The predicted molar refractivity (Wildman–Crippen MR) is 95.8 cm³/mol. The third-order valence-corrected chi connectivity index (χ3v) is 5.05. The number of hydrogen-bond acceptors (Lipinski definition) is 6. The largest absolute Gasteiger partial charge is 0.486 e. The van der Waals surface area contributed by atoms with Crippen molar-refractivity contribution in [3.05, 3.63) is 48.0 Å². The maximum absolute atomic E-state index is 13.8. The van der Waals surface area contributed by atoms with Gasteiger partial charge >= 0.3 is 0 Å². The minimum atomic E-state index is -0.683. The van der Waals surface area contributed by atoms with Crippen LogP contribution in [0.5, 0.6) is 5.75 Å². The van der Waals surface area contributed by atoms with E-state index in [2.05, 4.69) is 15.1 Å². The van der Waals surface area contributed by atoms with Gasteiger partial charge in [0.1, 0.15) is 11.4 Å². The molecule has 1 aliphatic heterocycles. The summed E-state index contributed by atoms with van der Waals surface area (Å²) >= 11 is 0. The topological polar surface area (TPSA) is 78.1 Å². The average molecular weight is 367 g/mol. The summed E-state index contributed by atoms with van der Waals surface area (Å²) < 4.78 is 25.1. The van der Waals surface area contributed by atoms with E-state index in [0.717, 1.165) is 12.8 Å². The molecule has 138 valence electrons. The Morgan fingerprint density at radius 2 is 2.00 bits per heavy atom. The van der Waals surface area contributed by atoms with Crippen LogP contribution >= 0.6 is 0 Å². The molecule has 0 saturated carbocycles. The number of fused-ring (bicyclic) bond motifs is 1. The number of benzene rings is 1. The number of pyridine rings is 1. The number of halogens is 1. The standard InChI is InChI=1S/C20H18FN3O3/c1-3-20(4-2)11-15(25)14-10-12(7-8-16(14)26-20)18-23-19(27-24-18)13-6-5-9-22-17(13)21/h5-10H,3-4,11H2,1-2H3. The molecule has 0 atom stereocenters. The summed E-state index contributed by atoms with van der Waals surface area (Å²) in [5.74, 6) is 0.222. The van der Waals surface area contributed by atoms with Crippen LogP contribution in [-0.4, -0.2) is 26.5 Å². The Labute approximate surface area is 155 Å². The third kappa shape index (κ3) is 2.99. The van der Waals surface area contributed by atoms with Crippen LogP contribution in [0.3, 0.4) is 0 Å². The van der Waals surface area contributed by atoms with Crippen LogP contribution in [-0.2, 0) is 0 Å². The van der Waals surface area contributed by atoms with Gasteiger partial charge in [-0.1, -0.05) is 19.0 Å². The molecule has 0 amide bonds. The number of nitrogens with zero attached hydrogens (tertiary/aromatic N) is 3. The number of ketones is 1. The second kappa shape index (κ2) is 6.57. The zero-order valence-electron chi connectivity index (χ0n) is 15.0. The Balaban J connectivity index is 1.69. The van der Waals surface area contributed by atoms with Gasteiger partial charge in [-0.2, -0.15) is 9.37 Å². The first-order valence-corrected chi connectivity index (χ1v) is 8.86. The van der Waals surface area contributed by atoms with E-state index in [0.29, 0.717) is 23.3 Å². The number of ether oxygens (including phenoxy) is 1. The van der Waals surface area contributed by atoms with Gasteiger partial charge in [-0.3, -0.25) is 4.79 Å². The Morgan fingerprint density at radius 3 is 2.74 bits per heavy atom. The van der Waals surface area contributed by atoms with Gasteiger partial charge in [0.05, 0.1) is 17.5 Å². The monoisotopic (exact) mass is 367 g/mol. The first-order valence-electron chi connectivity index (χ1n) is 8.86. The van der Waals surface area contributed by atoms with Gasteiger partial charge in [-0.25, -0.2) is 4.98 Å². The molecule has 0 spiro atoms. The lowest BCUT2D eigenvalue weighted by molar-refractivity contribution is 0.0350. The Hall–Kier alpha value is -3.09. The van der Waals surface area contributed by atoms with Gasteiger partial charge in [0, 0.05) is 11.8 Å². The van der Waals surface area contributed by atoms with Crippen molar-refractivity contribution in [3.8, 4) is 28.6 Å². The number of rotatable bonds is 4. The lowest BCUT2D eigenvalue weighted by atomic mass is 9.85. The molecule has 0 N–H and O–H groups in total. The normalized spacial score (nSPS) is 15.3. The van der Waals surface area contributed by atoms with E-state index in [4.69, 9.17) is 9.26 Å². The highest BCUT2D eigenvalue weighted by Crippen LogP contribution is 2.38. The maximum atomic E-state index is 13.8. The first kappa shape index (κ1) is 17.3. The van der Waals surface area contributed by atoms with Crippen LogP contribution in [0.1, 0.15) is 43.5 Å². The lowest BCUT2D eigenvalue weighted by Crippen LogP contribution is -2.40. The molecule has 0 radical (unpaired) electrons. The van der Waals surface area contributed by atoms with Gasteiger partial charge in [0.15, 0.2) is 5.78 Å². The first-order chi connectivity index (χ1) is 13.0. The Bertz CT molecular complexity index is 1010. The Morgan fingerprint density at radius 1 is 1.19 bits per heavy atom. The zero-order valence-corrected chi connectivity index (χ0v) is 15.0. The maximum Gasteiger partial charge on any atom is 0.262 e. The number of carbonyl (C=O) groups excluding carboxylic acids is 1. The van der Waals surface area contributed by atoms with Gasteiger partial charge in [-0.05, 0) is 43.2 Å². The third-order valence-electron chi connectivity index (χ3n) is 5.05. The van der Waals surface area contributed by atoms with E-state index in [9.17, 15) is 9.18 Å². The lowest BCUT2D eigenvalue weighted by Gasteiger charge is -2.36. The van der Waals surface area contributed by atoms with Gasteiger partial charge in [-0.15, -0.1) is 0 Å². The fourth-order valence-corrected chi connectivity index (χ4v) is 3.27. The summed E-state index contributed by atoms with van der Waals surface area (Å²) in [6, 6.07) is 8.31. The molecule has 0 aliphatic carbocycles. The molecule has 1 aromatic carbocycles. The molecule has 6 nitrogen and oxygen atoms in total. The van der Waals surface area contributed by atoms with Gasteiger partial charge in [0.2, 0.25) is 11.8 Å². The highest BCUT2D eigenvalue weighted by Gasteiger charge is 2.37. The number of carbonyl (C=O) groups is 1. The van der Waals surface area contributed by atoms with Crippen molar-refractivity contribution in [2.24, 2.45) is 0 Å². The van der Waals surface area contributed by atoms with Gasteiger partial charge in [0.25, 0.3) is 5.89 Å².